The van der Waals surface area contributed by atoms with Crippen LogP contribution < -0.4 is 10.1 Å². The van der Waals surface area contributed by atoms with E-state index in [-0.39, 0.29) is 5.75 Å². The number of phenolic OH excluding ortho intramolecular Hbond substituents is 1. The van der Waals surface area contributed by atoms with Crippen molar-refractivity contribution in [3.05, 3.63) is 23.8 Å². The van der Waals surface area contributed by atoms with Crippen molar-refractivity contribution in [1.82, 2.24) is 5.32 Å². The number of ether oxygens (including phenoxy) is 1. The molecule has 3 heteroatoms. The largest absolute Gasteiger partial charge is 0.504 e. The van der Waals surface area contributed by atoms with Crippen LogP contribution in [-0.2, 0) is 6.54 Å². The second kappa shape index (κ2) is 5.21. The topological polar surface area (TPSA) is 41.5 Å². The quantitative estimate of drug-likeness (QED) is 0.820. The number of rotatable bonds is 4. The van der Waals surface area contributed by atoms with Gasteiger partial charge in [0, 0.05) is 18.2 Å². The Kier molecular flexibility index (Phi) is 3.67. The van der Waals surface area contributed by atoms with Gasteiger partial charge in [-0.15, -0.1) is 0 Å². The zero-order valence-corrected chi connectivity index (χ0v) is 9.70. The van der Waals surface area contributed by atoms with E-state index in [2.05, 4.69) is 5.32 Å². The lowest BCUT2D eigenvalue weighted by Gasteiger charge is -2.13. The van der Waals surface area contributed by atoms with E-state index in [1.54, 1.807) is 13.2 Å². The smallest absolute Gasteiger partial charge is 0.162 e. The maximum atomic E-state index is 9.90. The van der Waals surface area contributed by atoms with Crippen molar-refractivity contribution in [2.24, 2.45) is 0 Å². The molecule has 0 spiro atoms. The molecule has 3 nitrogen and oxygen atoms in total. The zero-order valence-electron chi connectivity index (χ0n) is 9.70. The summed E-state index contributed by atoms with van der Waals surface area (Å²) in [6.07, 6.45) is 5.15. The minimum absolute atomic E-state index is 0.260. The predicted octanol–water partition coefficient (Wildman–Crippen LogP) is 2.43. The van der Waals surface area contributed by atoms with E-state index in [1.165, 1.54) is 25.7 Å². The number of methoxy groups -OCH3 is 1. The number of hydrogen-bond donors (Lipinski definition) is 2. The highest BCUT2D eigenvalue weighted by Crippen LogP contribution is 2.29. The molecule has 0 saturated heterocycles. The number of phenols is 1. The lowest BCUT2D eigenvalue weighted by atomic mass is 10.1. The van der Waals surface area contributed by atoms with E-state index < -0.39 is 0 Å². The van der Waals surface area contributed by atoms with E-state index >= 15 is 0 Å². The van der Waals surface area contributed by atoms with Gasteiger partial charge in [-0.05, 0) is 18.9 Å². The summed E-state index contributed by atoms with van der Waals surface area (Å²) in [5, 5.41) is 13.4. The third-order valence-electron chi connectivity index (χ3n) is 3.24. The molecular weight excluding hydrogens is 202 g/mol. The van der Waals surface area contributed by atoms with Gasteiger partial charge in [0.15, 0.2) is 11.5 Å². The summed E-state index contributed by atoms with van der Waals surface area (Å²) in [6, 6.07) is 6.23. The Labute approximate surface area is 96.4 Å². The molecule has 1 aromatic rings. The molecule has 16 heavy (non-hydrogen) atoms. The number of benzene rings is 1. The summed E-state index contributed by atoms with van der Waals surface area (Å²) in [5.74, 6) is 0.807. The van der Waals surface area contributed by atoms with Crippen molar-refractivity contribution in [2.75, 3.05) is 7.11 Å². The molecule has 88 valence electrons. The summed E-state index contributed by atoms with van der Waals surface area (Å²) in [5.41, 5.74) is 0.909. The Morgan fingerprint density at radius 1 is 1.38 bits per heavy atom. The van der Waals surface area contributed by atoms with Crippen LogP contribution >= 0.6 is 0 Å². The molecule has 0 atom stereocenters. The first-order chi connectivity index (χ1) is 7.81. The van der Waals surface area contributed by atoms with Gasteiger partial charge in [0.2, 0.25) is 0 Å². The van der Waals surface area contributed by atoms with Gasteiger partial charge in [-0.25, -0.2) is 0 Å². The number of nitrogens with one attached hydrogen (secondary N) is 1. The first kappa shape index (κ1) is 11.3. The van der Waals surface area contributed by atoms with Crippen molar-refractivity contribution in [2.45, 2.75) is 38.3 Å². The molecule has 2 rings (SSSR count). The van der Waals surface area contributed by atoms with Crippen molar-refractivity contribution in [3.63, 3.8) is 0 Å². The second-order valence-corrected chi connectivity index (χ2v) is 4.33. The molecule has 1 fully saturated rings. The Morgan fingerprint density at radius 3 is 2.81 bits per heavy atom. The van der Waals surface area contributed by atoms with Gasteiger partial charge < -0.3 is 15.2 Å². The first-order valence-electron chi connectivity index (χ1n) is 5.89. The Bertz CT molecular complexity index is 346. The van der Waals surface area contributed by atoms with Gasteiger partial charge in [0.25, 0.3) is 0 Å². The van der Waals surface area contributed by atoms with Crippen LogP contribution in [0.1, 0.15) is 31.2 Å². The van der Waals surface area contributed by atoms with Crippen LogP contribution in [0, 0.1) is 0 Å². The molecular formula is C13H19NO2. The second-order valence-electron chi connectivity index (χ2n) is 4.33. The van der Waals surface area contributed by atoms with Crippen LogP contribution in [0.5, 0.6) is 11.5 Å². The van der Waals surface area contributed by atoms with Crippen LogP contribution in [0.4, 0.5) is 0 Å². The summed E-state index contributed by atoms with van der Waals surface area (Å²) in [7, 11) is 1.57. The lowest BCUT2D eigenvalue weighted by molar-refractivity contribution is 0.368. The van der Waals surface area contributed by atoms with Gasteiger partial charge in [-0.2, -0.15) is 0 Å². The third-order valence-corrected chi connectivity index (χ3v) is 3.24. The van der Waals surface area contributed by atoms with Crippen LogP contribution in [0.25, 0.3) is 0 Å². The highest BCUT2D eigenvalue weighted by molar-refractivity contribution is 5.45. The first-order valence-corrected chi connectivity index (χ1v) is 5.89. The van der Waals surface area contributed by atoms with Gasteiger partial charge in [-0.1, -0.05) is 25.0 Å². The molecule has 2 N–H and O–H groups in total. The SMILES string of the molecule is COc1cccc(CNC2CCCC2)c1O. The molecule has 1 saturated carbocycles. The molecule has 1 aliphatic carbocycles. The van der Waals surface area contributed by atoms with Gasteiger partial charge in [-0.3, -0.25) is 0 Å². The molecule has 0 unspecified atom stereocenters. The van der Waals surface area contributed by atoms with Crippen molar-refractivity contribution in [1.29, 1.82) is 0 Å². The molecule has 0 bridgehead atoms. The number of hydrogen-bond acceptors (Lipinski definition) is 3. The van der Waals surface area contributed by atoms with Crippen LogP contribution in [0.15, 0.2) is 18.2 Å². The molecule has 1 aliphatic rings. The van der Waals surface area contributed by atoms with Crippen LogP contribution in [-0.4, -0.2) is 18.3 Å². The molecule has 0 aromatic heterocycles. The normalized spacial score (nSPS) is 16.6. The average molecular weight is 221 g/mol. The van der Waals surface area contributed by atoms with Gasteiger partial charge in [0.1, 0.15) is 0 Å². The molecule has 0 heterocycles. The Hall–Kier alpha value is -1.22. The predicted molar refractivity (Wildman–Crippen MR) is 63.8 cm³/mol. The van der Waals surface area contributed by atoms with E-state index in [4.69, 9.17) is 4.74 Å². The Balaban J connectivity index is 1.97. The summed E-state index contributed by atoms with van der Waals surface area (Å²) < 4.78 is 5.08. The van der Waals surface area contributed by atoms with Crippen molar-refractivity contribution < 1.29 is 9.84 Å². The summed E-state index contributed by atoms with van der Waals surface area (Å²) in [6.45, 7) is 0.716. The summed E-state index contributed by atoms with van der Waals surface area (Å²) in [4.78, 5) is 0. The summed E-state index contributed by atoms with van der Waals surface area (Å²) >= 11 is 0. The van der Waals surface area contributed by atoms with Gasteiger partial charge >= 0.3 is 0 Å². The van der Waals surface area contributed by atoms with E-state index in [9.17, 15) is 5.11 Å². The number of para-hydroxylation sites is 1. The molecule has 0 aliphatic heterocycles. The monoisotopic (exact) mass is 221 g/mol. The average Bonchev–Trinajstić information content (AvgIpc) is 2.81. The highest BCUT2D eigenvalue weighted by atomic mass is 16.5. The molecule has 0 radical (unpaired) electrons. The highest BCUT2D eigenvalue weighted by Gasteiger charge is 2.15. The van der Waals surface area contributed by atoms with E-state index in [1.807, 2.05) is 12.1 Å². The van der Waals surface area contributed by atoms with E-state index in [0.29, 0.717) is 18.3 Å². The standard InChI is InChI=1S/C13H19NO2/c1-16-12-8-4-5-10(13(12)15)9-14-11-6-2-3-7-11/h4-5,8,11,14-15H,2-3,6-7,9H2,1H3. The minimum atomic E-state index is 0.260. The van der Waals surface area contributed by atoms with Crippen molar-refractivity contribution >= 4 is 0 Å². The number of aromatic hydroxyl groups is 1. The third kappa shape index (κ3) is 2.47. The fourth-order valence-electron chi connectivity index (χ4n) is 2.26. The molecule has 0 amide bonds. The van der Waals surface area contributed by atoms with Crippen molar-refractivity contribution in [3.8, 4) is 11.5 Å². The van der Waals surface area contributed by atoms with E-state index in [0.717, 1.165) is 5.56 Å². The van der Waals surface area contributed by atoms with Gasteiger partial charge in [0.05, 0.1) is 7.11 Å². The molecule has 1 aromatic carbocycles. The minimum Gasteiger partial charge on any atom is -0.504 e. The van der Waals surface area contributed by atoms with Crippen LogP contribution in [0.2, 0.25) is 0 Å². The van der Waals surface area contributed by atoms with Crippen LogP contribution in [0.3, 0.4) is 0 Å². The fourth-order valence-corrected chi connectivity index (χ4v) is 2.26. The maximum absolute atomic E-state index is 9.90. The Morgan fingerprint density at radius 2 is 2.12 bits per heavy atom. The zero-order chi connectivity index (χ0) is 11.4. The lowest BCUT2D eigenvalue weighted by Crippen LogP contribution is -2.25. The maximum Gasteiger partial charge on any atom is 0.162 e. The fraction of sp³-hybridized carbons (Fsp3) is 0.538.